The van der Waals surface area contributed by atoms with E-state index in [1.54, 1.807) is 0 Å². The Hall–Kier alpha value is -0.990. The van der Waals surface area contributed by atoms with Crippen LogP contribution in [0.5, 0.6) is 0 Å². The van der Waals surface area contributed by atoms with Crippen molar-refractivity contribution in [1.82, 2.24) is 9.55 Å². The van der Waals surface area contributed by atoms with Crippen molar-refractivity contribution < 1.29 is 0 Å². The largest absolute Gasteiger partial charge is 0.353 e. The molecule has 1 aromatic rings. The van der Waals surface area contributed by atoms with Crippen LogP contribution in [0, 0.1) is 17.8 Å². The van der Waals surface area contributed by atoms with Crippen molar-refractivity contribution >= 4 is 5.95 Å². The molecular weight excluding hydrogens is 222 g/mol. The number of hydrogen-bond donors (Lipinski definition) is 1. The van der Waals surface area contributed by atoms with Crippen molar-refractivity contribution in [2.24, 2.45) is 17.8 Å². The lowest BCUT2D eigenvalue weighted by Crippen LogP contribution is -2.26. The van der Waals surface area contributed by atoms with Crippen LogP contribution in [0.1, 0.15) is 47.0 Å². The van der Waals surface area contributed by atoms with Crippen LogP contribution in [0.25, 0.3) is 0 Å². The highest BCUT2D eigenvalue weighted by molar-refractivity contribution is 5.28. The first-order valence-corrected chi connectivity index (χ1v) is 7.39. The molecule has 0 radical (unpaired) electrons. The fraction of sp³-hybridized carbons (Fsp3) is 0.800. The van der Waals surface area contributed by atoms with Gasteiger partial charge in [0.05, 0.1) is 0 Å². The molecule has 0 aromatic carbocycles. The molecule has 1 heterocycles. The molecule has 1 aromatic heterocycles. The molecule has 102 valence electrons. The van der Waals surface area contributed by atoms with Crippen molar-refractivity contribution in [3.8, 4) is 0 Å². The van der Waals surface area contributed by atoms with Crippen LogP contribution in [0.4, 0.5) is 5.95 Å². The number of hydrogen-bond acceptors (Lipinski definition) is 2. The van der Waals surface area contributed by atoms with Gasteiger partial charge in [-0.3, -0.25) is 0 Å². The predicted molar refractivity (Wildman–Crippen MR) is 76.7 cm³/mol. The van der Waals surface area contributed by atoms with E-state index in [4.69, 9.17) is 0 Å². The van der Waals surface area contributed by atoms with E-state index >= 15 is 0 Å². The molecule has 0 spiro atoms. The van der Waals surface area contributed by atoms with E-state index in [-0.39, 0.29) is 0 Å². The van der Waals surface area contributed by atoms with Crippen LogP contribution < -0.4 is 5.32 Å². The number of rotatable bonds is 5. The van der Waals surface area contributed by atoms with Gasteiger partial charge in [-0.25, -0.2) is 4.98 Å². The molecule has 1 aliphatic carbocycles. The quantitative estimate of drug-likeness (QED) is 0.860. The van der Waals surface area contributed by atoms with Crippen molar-refractivity contribution in [2.75, 3.05) is 5.32 Å². The number of nitrogens with zero attached hydrogens (tertiary/aromatic N) is 2. The second kappa shape index (κ2) is 5.77. The molecule has 3 atom stereocenters. The lowest BCUT2D eigenvalue weighted by atomic mass is 9.94. The summed E-state index contributed by atoms with van der Waals surface area (Å²) in [6, 6.07) is 0.600. The summed E-state index contributed by atoms with van der Waals surface area (Å²) in [7, 11) is 0. The molecule has 0 saturated heterocycles. The molecule has 3 heteroatoms. The first-order valence-electron chi connectivity index (χ1n) is 7.39. The van der Waals surface area contributed by atoms with Gasteiger partial charge in [-0.1, -0.05) is 34.1 Å². The van der Waals surface area contributed by atoms with Gasteiger partial charge >= 0.3 is 0 Å². The van der Waals surface area contributed by atoms with Gasteiger partial charge in [0.1, 0.15) is 0 Å². The Bertz CT molecular complexity index is 370. The smallest absolute Gasteiger partial charge is 0.203 e. The summed E-state index contributed by atoms with van der Waals surface area (Å²) in [4.78, 5) is 4.47. The zero-order chi connectivity index (χ0) is 13.1. The van der Waals surface area contributed by atoms with Gasteiger partial charge in [0.15, 0.2) is 0 Å². The van der Waals surface area contributed by atoms with Crippen molar-refractivity contribution in [3.05, 3.63) is 12.4 Å². The predicted octanol–water partition coefficient (Wildman–Crippen LogP) is 3.78. The maximum absolute atomic E-state index is 4.47. The molecule has 1 saturated carbocycles. The molecule has 1 fully saturated rings. The minimum Gasteiger partial charge on any atom is -0.353 e. The summed E-state index contributed by atoms with van der Waals surface area (Å²) in [5.41, 5.74) is 0. The van der Waals surface area contributed by atoms with Gasteiger partial charge in [-0.05, 0) is 30.6 Å². The van der Waals surface area contributed by atoms with E-state index in [0.29, 0.717) is 12.0 Å². The highest BCUT2D eigenvalue weighted by atomic mass is 15.2. The average Bonchev–Trinajstić information content (AvgIpc) is 2.88. The summed E-state index contributed by atoms with van der Waals surface area (Å²) in [5.74, 6) is 3.36. The molecule has 1 aliphatic rings. The van der Waals surface area contributed by atoms with E-state index < -0.39 is 0 Å². The Morgan fingerprint density at radius 1 is 1.44 bits per heavy atom. The highest BCUT2D eigenvalue weighted by Crippen LogP contribution is 2.35. The van der Waals surface area contributed by atoms with Crippen LogP contribution in [-0.2, 0) is 6.54 Å². The highest BCUT2D eigenvalue weighted by Gasteiger charge is 2.31. The standard InChI is InChI=1S/C15H27N3/c1-5-13-6-7-14(12(13)4)17-15-16-8-9-18(15)10-11(2)3/h8-9,11-14H,5-7,10H2,1-4H3,(H,16,17). The molecular formula is C15H27N3. The first kappa shape index (κ1) is 13.4. The van der Waals surface area contributed by atoms with E-state index in [9.17, 15) is 0 Å². The molecule has 1 N–H and O–H groups in total. The van der Waals surface area contributed by atoms with E-state index in [0.717, 1.165) is 24.3 Å². The van der Waals surface area contributed by atoms with Crippen LogP contribution in [0.2, 0.25) is 0 Å². The topological polar surface area (TPSA) is 29.9 Å². The molecule has 0 bridgehead atoms. The molecule has 0 aliphatic heterocycles. The Kier molecular flexibility index (Phi) is 4.31. The second-order valence-electron chi connectivity index (χ2n) is 6.15. The zero-order valence-corrected chi connectivity index (χ0v) is 12.2. The third kappa shape index (κ3) is 2.88. The van der Waals surface area contributed by atoms with Crippen molar-refractivity contribution in [1.29, 1.82) is 0 Å². The first-order chi connectivity index (χ1) is 8.61. The molecule has 18 heavy (non-hydrogen) atoms. The monoisotopic (exact) mass is 249 g/mol. The van der Waals surface area contributed by atoms with Gasteiger partial charge < -0.3 is 9.88 Å². The molecule has 3 unspecified atom stereocenters. The summed E-state index contributed by atoms with van der Waals surface area (Å²) in [6.07, 6.45) is 7.94. The van der Waals surface area contributed by atoms with Gasteiger partial charge in [0.2, 0.25) is 5.95 Å². The number of aromatic nitrogens is 2. The Labute approximate surface area is 111 Å². The average molecular weight is 249 g/mol. The van der Waals surface area contributed by atoms with Crippen LogP contribution in [-0.4, -0.2) is 15.6 Å². The molecule has 2 rings (SSSR count). The second-order valence-corrected chi connectivity index (χ2v) is 6.15. The van der Waals surface area contributed by atoms with Crippen LogP contribution in [0.3, 0.4) is 0 Å². The Morgan fingerprint density at radius 3 is 2.83 bits per heavy atom. The van der Waals surface area contributed by atoms with E-state index in [1.165, 1.54) is 19.3 Å². The summed E-state index contributed by atoms with van der Waals surface area (Å²) in [6.45, 7) is 10.2. The van der Waals surface area contributed by atoms with Crippen molar-refractivity contribution in [3.63, 3.8) is 0 Å². The summed E-state index contributed by atoms with van der Waals surface area (Å²) >= 11 is 0. The van der Waals surface area contributed by atoms with Gasteiger partial charge in [0, 0.05) is 25.0 Å². The van der Waals surface area contributed by atoms with Crippen molar-refractivity contribution in [2.45, 2.75) is 59.5 Å². The number of anilines is 1. The Morgan fingerprint density at radius 2 is 2.22 bits per heavy atom. The van der Waals surface area contributed by atoms with Crippen LogP contribution >= 0.6 is 0 Å². The van der Waals surface area contributed by atoms with E-state index in [1.807, 2.05) is 6.20 Å². The lowest BCUT2D eigenvalue weighted by molar-refractivity contribution is 0.390. The van der Waals surface area contributed by atoms with Gasteiger partial charge in [0.25, 0.3) is 0 Å². The fourth-order valence-electron chi connectivity index (χ4n) is 3.18. The summed E-state index contributed by atoms with van der Waals surface area (Å²) in [5, 5.41) is 3.66. The van der Waals surface area contributed by atoms with Gasteiger partial charge in [-0.15, -0.1) is 0 Å². The normalized spacial score (nSPS) is 27.9. The fourth-order valence-corrected chi connectivity index (χ4v) is 3.18. The third-order valence-corrected chi connectivity index (χ3v) is 4.34. The number of nitrogens with one attached hydrogen (secondary N) is 1. The van der Waals surface area contributed by atoms with Crippen LogP contribution in [0.15, 0.2) is 12.4 Å². The SMILES string of the molecule is CCC1CCC(Nc2nccn2CC(C)C)C1C. The van der Waals surface area contributed by atoms with Gasteiger partial charge in [-0.2, -0.15) is 0 Å². The number of imidazole rings is 1. The zero-order valence-electron chi connectivity index (χ0n) is 12.2. The minimum absolute atomic E-state index is 0.600. The molecule has 0 amide bonds. The lowest BCUT2D eigenvalue weighted by Gasteiger charge is -2.22. The minimum atomic E-state index is 0.600. The Balaban J connectivity index is 1.99. The summed E-state index contributed by atoms with van der Waals surface area (Å²) < 4.78 is 2.25. The maximum Gasteiger partial charge on any atom is 0.203 e. The maximum atomic E-state index is 4.47. The third-order valence-electron chi connectivity index (χ3n) is 4.34. The molecule has 3 nitrogen and oxygen atoms in total. The van der Waals surface area contributed by atoms with E-state index in [2.05, 4.69) is 48.8 Å².